The van der Waals surface area contributed by atoms with Gasteiger partial charge in [0, 0.05) is 19.6 Å². The van der Waals surface area contributed by atoms with Crippen molar-refractivity contribution in [2.24, 2.45) is 23.2 Å². The van der Waals surface area contributed by atoms with E-state index in [4.69, 9.17) is 15.5 Å². The van der Waals surface area contributed by atoms with Crippen molar-refractivity contribution < 1.29 is 9.53 Å². The maximum atomic E-state index is 14.3. The van der Waals surface area contributed by atoms with Crippen LogP contribution in [0.15, 0.2) is 29.5 Å². The average Bonchev–Trinajstić information content (AvgIpc) is 3.46. The Hall–Kier alpha value is -2.74. The number of carbonyl (C=O) groups excluding carboxylic acids is 1. The maximum absolute atomic E-state index is 14.3. The van der Waals surface area contributed by atoms with E-state index in [0.29, 0.717) is 11.7 Å². The molecule has 2 spiro atoms. The molecule has 2 fully saturated rings. The van der Waals surface area contributed by atoms with E-state index in [1.165, 1.54) is 24.0 Å². The van der Waals surface area contributed by atoms with Crippen LogP contribution in [0.5, 0.6) is 0 Å². The van der Waals surface area contributed by atoms with Crippen molar-refractivity contribution in [3.05, 3.63) is 47.0 Å². The topological polar surface area (TPSA) is 98.6 Å². The minimum Gasteiger partial charge on any atom is -0.381 e. The fourth-order valence-corrected chi connectivity index (χ4v) is 6.30. The maximum Gasteiger partial charge on any atom is 0.262 e. The van der Waals surface area contributed by atoms with Gasteiger partial charge in [0.25, 0.3) is 5.91 Å². The number of hydrogen-bond acceptors (Lipinski definition) is 6. The first-order chi connectivity index (χ1) is 15.5. The zero-order chi connectivity index (χ0) is 22.1. The number of fused-ring (bicyclic) bond motifs is 3. The monoisotopic (exact) mass is 434 g/mol. The predicted octanol–water partition coefficient (Wildman–Crippen LogP) is 2.38. The summed E-state index contributed by atoms with van der Waals surface area (Å²) >= 11 is 0. The molecular formula is C24H30N6O2. The first-order valence-electron chi connectivity index (χ1n) is 11.6. The lowest BCUT2D eigenvalue weighted by Gasteiger charge is -2.45. The van der Waals surface area contributed by atoms with E-state index in [0.717, 1.165) is 37.7 Å². The van der Waals surface area contributed by atoms with Gasteiger partial charge in [0.15, 0.2) is 17.3 Å². The quantitative estimate of drug-likeness (QED) is 0.797. The van der Waals surface area contributed by atoms with Crippen LogP contribution < -0.4 is 5.73 Å². The van der Waals surface area contributed by atoms with Gasteiger partial charge < -0.3 is 15.0 Å². The Morgan fingerprint density at radius 2 is 2.00 bits per heavy atom. The number of rotatable bonds is 4. The van der Waals surface area contributed by atoms with E-state index in [2.05, 4.69) is 28.4 Å². The molecule has 8 nitrogen and oxygen atoms in total. The lowest BCUT2D eigenvalue weighted by Crippen LogP contribution is -2.52. The first kappa shape index (κ1) is 19.9. The second-order valence-corrected chi connectivity index (χ2v) is 10.0. The number of guanidine groups is 1. The average molecular weight is 435 g/mol. The number of amides is 1. The van der Waals surface area contributed by atoms with Gasteiger partial charge in [0.2, 0.25) is 0 Å². The number of nitrogens with zero attached hydrogens (tertiary/aromatic N) is 5. The molecule has 0 radical (unpaired) electrons. The fourth-order valence-electron chi connectivity index (χ4n) is 6.30. The Labute approximate surface area is 187 Å². The van der Waals surface area contributed by atoms with E-state index in [1.54, 1.807) is 18.3 Å². The third-order valence-electron chi connectivity index (χ3n) is 8.31. The number of aliphatic imine (C=N–C) groups is 1. The largest absolute Gasteiger partial charge is 0.381 e. The highest BCUT2D eigenvalue weighted by atomic mass is 16.5. The van der Waals surface area contributed by atoms with Gasteiger partial charge in [-0.1, -0.05) is 18.2 Å². The second kappa shape index (κ2) is 6.88. The van der Waals surface area contributed by atoms with Crippen LogP contribution in [0.25, 0.3) is 0 Å². The van der Waals surface area contributed by atoms with Crippen LogP contribution in [0.1, 0.15) is 67.0 Å². The molecule has 3 aliphatic carbocycles. The summed E-state index contributed by atoms with van der Waals surface area (Å²) in [5.41, 5.74) is 8.92. The number of ether oxygens (including phenoxy) is 1. The van der Waals surface area contributed by atoms with Crippen LogP contribution in [-0.2, 0) is 35.1 Å². The smallest absolute Gasteiger partial charge is 0.262 e. The number of hydrogen-bond donors (Lipinski definition) is 1. The van der Waals surface area contributed by atoms with Crippen LogP contribution >= 0.6 is 0 Å². The minimum absolute atomic E-state index is 0.0134. The molecule has 8 heteroatoms. The van der Waals surface area contributed by atoms with E-state index >= 15 is 0 Å². The second-order valence-electron chi connectivity index (χ2n) is 10.0. The van der Waals surface area contributed by atoms with Crippen molar-refractivity contribution in [2.45, 2.75) is 69.1 Å². The summed E-state index contributed by atoms with van der Waals surface area (Å²) < 4.78 is 7.48. The SMILES string of the molecule is COC1CCC2(CC1)Cc1ccc(C3CC3)cc1C21N=C(N)N(Cc2nncn2C)C1=O. The number of carbonyl (C=O) groups is 1. The molecule has 2 aromatic rings. The Morgan fingerprint density at radius 3 is 2.66 bits per heavy atom. The molecule has 168 valence electrons. The molecule has 1 amide bonds. The summed E-state index contributed by atoms with van der Waals surface area (Å²) in [6, 6.07) is 6.77. The van der Waals surface area contributed by atoms with E-state index in [9.17, 15) is 4.79 Å². The van der Waals surface area contributed by atoms with Crippen molar-refractivity contribution in [1.82, 2.24) is 19.7 Å². The van der Waals surface area contributed by atoms with Crippen molar-refractivity contribution >= 4 is 11.9 Å². The Balaban J connectivity index is 1.46. The molecule has 2 heterocycles. The van der Waals surface area contributed by atoms with Gasteiger partial charge in [-0.05, 0) is 67.6 Å². The number of nitrogens with two attached hydrogens (primary N) is 1. The van der Waals surface area contributed by atoms with Gasteiger partial charge in [-0.25, -0.2) is 4.99 Å². The van der Waals surface area contributed by atoms with Crippen LogP contribution in [0.3, 0.4) is 0 Å². The summed E-state index contributed by atoms with van der Waals surface area (Å²) in [6.45, 7) is 0.279. The summed E-state index contributed by atoms with van der Waals surface area (Å²) in [6.07, 6.45) is 8.88. The number of aromatic nitrogens is 3. The Kier molecular flexibility index (Phi) is 4.28. The Bertz CT molecular complexity index is 1110. The highest BCUT2D eigenvalue weighted by Crippen LogP contribution is 2.62. The molecule has 2 N–H and O–H groups in total. The van der Waals surface area contributed by atoms with Gasteiger partial charge in [-0.15, -0.1) is 10.2 Å². The van der Waals surface area contributed by atoms with Crippen LogP contribution in [0, 0.1) is 5.41 Å². The molecule has 1 atom stereocenters. The molecule has 2 saturated carbocycles. The third-order valence-corrected chi connectivity index (χ3v) is 8.31. The minimum atomic E-state index is -0.950. The van der Waals surface area contributed by atoms with Gasteiger partial charge in [0.05, 0.1) is 12.6 Å². The molecule has 1 aromatic carbocycles. The van der Waals surface area contributed by atoms with Crippen molar-refractivity contribution in [2.75, 3.05) is 7.11 Å². The van der Waals surface area contributed by atoms with Crippen LogP contribution in [0.2, 0.25) is 0 Å². The molecule has 0 saturated heterocycles. The highest BCUT2D eigenvalue weighted by molar-refractivity contribution is 6.08. The van der Waals surface area contributed by atoms with Crippen LogP contribution in [0.4, 0.5) is 0 Å². The number of aryl methyl sites for hydroxylation is 1. The zero-order valence-electron chi connectivity index (χ0n) is 18.8. The molecule has 32 heavy (non-hydrogen) atoms. The third kappa shape index (κ3) is 2.65. The predicted molar refractivity (Wildman–Crippen MR) is 119 cm³/mol. The Morgan fingerprint density at radius 1 is 1.22 bits per heavy atom. The van der Waals surface area contributed by atoms with Gasteiger partial charge in [0.1, 0.15) is 6.33 Å². The fraction of sp³-hybridized carbons (Fsp3) is 0.583. The number of methoxy groups -OCH3 is 1. The summed E-state index contributed by atoms with van der Waals surface area (Å²) in [4.78, 5) is 21.0. The lowest BCUT2D eigenvalue weighted by atomic mass is 9.61. The molecule has 1 unspecified atom stereocenters. The van der Waals surface area contributed by atoms with E-state index in [-0.39, 0.29) is 29.9 Å². The van der Waals surface area contributed by atoms with Crippen molar-refractivity contribution in [3.8, 4) is 0 Å². The number of benzene rings is 1. The zero-order valence-corrected chi connectivity index (χ0v) is 18.8. The van der Waals surface area contributed by atoms with Gasteiger partial charge in [-0.2, -0.15) is 0 Å². The summed E-state index contributed by atoms with van der Waals surface area (Å²) in [7, 11) is 3.66. The summed E-state index contributed by atoms with van der Waals surface area (Å²) in [5, 5.41) is 8.13. The highest BCUT2D eigenvalue weighted by Gasteiger charge is 2.66. The lowest BCUT2D eigenvalue weighted by molar-refractivity contribution is -0.138. The van der Waals surface area contributed by atoms with Gasteiger partial charge in [-0.3, -0.25) is 9.69 Å². The summed E-state index contributed by atoms with van der Waals surface area (Å²) in [5.74, 6) is 1.58. The normalized spacial score (nSPS) is 31.6. The molecule has 1 aliphatic heterocycles. The molecule has 1 aromatic heterocycles. The molecule has 4 aliphatic rings. The van der Waals surface area contributed by atoms with Gasteiger partial charge >= 0.3 is 0 Å². The van der Waals surface area contributed by atoms with E-state index < -0.39 is 5.54 Å². The molecule has 6 rings (SSSR count). The van der Waals surface area contributed by atoms with E-state index in [1.807, 2.05) is 11.6 Å². The first-order valence-corrected chi connectivity index (χ1v) is 11.6. The molecular weight excluding hydrogens is 404 g/mol. The van der Waals surface area contributed by atoms with Crippen molar-refractivity contribution in [1.29, 1.82) is 0 Å². The molecule has 0 bridgehead atoms. The van der Waals surface area contributed by atoms with Crippen molar-refractivity contribution in [3.63, 3.8) is 0 Å². The standard InChI is InChI=1S/C24H30N6O2/c1-29-14-26-28-20(29)13-30-21(31)24(27-22(30)25)19-11-16(15-3-4-15)5-6-17(19)12-23(24)9-7-18(32-2)8-10-23/h5-6,11,14-15,18H,3-4,7-10,12-13H2,1-2H3,(H2,25,27). The van der Waals surface area contributed by atoms with Crippen LogP contribution in [-0.4, -0.2) is 44.7 Å².